The molecule has 4 heteroatoms. The van der Waals surface area contributed by atoms with Gasteiger partial charge in [-0.25, -0.2) is 4.98 Å². The number of esters is 1. The zero-order valence-electron chi connectivity index (χ0n) is 17.8. The van der Waals surface area contributed by atoms with Crippen LogP contribution in [0.4, 0.5) is 5.69 Å². The Bertz CT molecular complexity index is 1220. The van der Waals surface area contributed by atoms with Gasteiger partial charge < -0.3 is 10.1 Å². The molecule has 30 heavy (non-hydrogen) atoms. The number of ether oxygens (including phenoxy) is 1. The van der Waals surface area contributed by atoms with Crippen molar-refractivity contribution in [3.8, 4) is 11.3 Å². The minimum Gasteiger partial charge on any atom is -0.460 e. The van der Waals surface area contributed by atoms with Gasteiger partial charge in [0.15, 0.2) is 0 Å². The number of carbonyl (C=O) groups is 1. The standard InChI is InChI=1S/C26H26N2O2/c1-26(2,3)30-24(29)15-17-10-12-20-21-13-11-19(27-4)16-23(21)28-25(22(20)14-17)18-8-6-5-7-9-18/h5-14,16,27H,15H2,1-4H3. The van der Waals surface area contributed by atoms with E-state index in [4.69, 9.17) is 9.72 Å². The largest absolute Gasteiger partial charge is 0.460 e. The van der Waals surface area contributed by atoms with E-state index in [1.54, 1.807) is 0 Å². The maximum atomic E-state index is 12.4. The fourth-order valence-corrected chi connectivity index (χ4v) is 3.68. The summed E-state index contributed by atoms with van der Waals surface area (Å²) >= 11 is 0. The summed E-state index contributed by atoms with van der Waals surface area (Å²) in [7, 11) is 1.91. The summed E-state index contributed by atoms with van der Waals surface area (Å²) in [6.07, 6.45) is 0.234. The molecule has 1 aromatic heterocycles. The number of nitrogens with one attached hydrogen (secondary N) is 1. The number of aromatic nitrogens is 1. The Balaban J connectivity index is 1.89. The summed E-state index contributed by atoms with van der Waals surface area (Å²) in [5, 5.41) is 6.43. The zero-order chi connectivity index (χ0) is 21.3. The molecule has 0 aliphatic rings. The van der Waals surface area contributed by atoms with Gasteiger partial charge in [0.05, 0.1) is 17.6 Å². The molecule has 4 rings (SSSR count). The van der Waals surface area contributed by atoms with Crippen LogP contribution in [0.3, 0.4) is 0 Å². The van der Waals surface area contributed by atoms with Crippen LogP contribution in [-0.4, -0.2) is 23.6 Å². The highest BCUT2D eigenvalue weighted by atomic mass is 16.6. The third kappa shape index (κ3) is 4.13. The van der Waals surface area contributed by atoms with Gasteiger partial charge in [0.2, 0.25) is 0 Å². The zero-order valence-corrected chi connectivity index (χ0v) is 17.8. The highest BCUT2D eigenvalue weighted by Gasteiger charge is 2.17. The van der Waals surface area contributed by atoms with E-state index in [1.807, 2.05) is 52.1 Å². The molecule has 1 N–H and O–H groups in total. The number of hydrogen-bond donors (Lipinski definition) is 1. The molecular weight excluding hydrogens is 372 g/mol. The van der Waals surface area contributed by atoms with Gasteiger partial charge in [0.1, 0.15) is 5.60 Å². The topological polar surface area (TPSA) is 51.2 Å². The smallest absolute Gasteiger partial charge is 0.310 e. The van der Waals surface area contributed by atoms with Gasteiger partial charge in [0, 0.05) is 29.1 Å². The van der Waals surface area contributed by atoms with E-state index in [-0.39, 0.29) is 12.4 Å². The lowest BCUT2D eigenvalue weighted by Crippen LogP contribution is -2.24. The molecule has 0 aliphatic carbocycles. The number of anilines is 1. The molecule has 0 saturated carbocycles. The molecule has 4 aromatic rings. The Morgan fingerprint density at radius 3 is 2.37 bits per heavy atom. The quantitative estimate of drug-likeness (QED) is 0.339. The lowest BCUT2D eigenvalue weighted by molar-refractivity contribution is -0.153. The van der Waals surface area contributed by atoms with Crippen LogP contribution in [0.5, 0.6) is 0 Å². The van der Waals surface area contributed by atoms with E-state index in [9.17, 15) is 4.79 Å². The Morgan fingerprint density at radius 2 is 1.67 bits per heavy atom. The molecule has 0 spiro atoms. The SMILES string of the molecule is CNc1ccc2c(c1)nc(-c1ccccc1)c1cc(CC(=O)OC(C)(C)C)ccc12. The molecule has 1 heterocycles. The Kier molecular flexibility index (Phi) is 5.17. The molecule has 3 aromatic carbocycles. The number of carbonyl (C=O) groups excluding carboxylic acids is 1. The third-order valence-corrected chi connectivity index (χ3v) is 4.96. The van der Waals surface area contributed by atoms with Crippen molar-refractivity contribution in [3.63, 3.8) is 0 Å². The molecule has 0 atom stereocenters. The third-order valence-electron chi connectivity index (χ3n) is 4.96. The predicted octanol–water partition coefficient (Wildman–Crippen LogP) is 5.98. The van der Waals surface area contributed by atoms with Crippen LogP contribution >= 0.6 is 0 Å². The predicted molar refractivity (Wildman–Crippen MR) is 124 cm³/mol. The molecule has 152 valence electrons. The van der Waals surface area contributed by atoms with Gasteiger partial charge in [-0.3, -0.25) is 4.79 Å². The van der Waals surface area contributed by atoms with E-state index >= 15 is 0 Å². The van der Waals surface area contributed by atoms with Crippen LogP contribution in [0.1, 0.15) is 26.3 Å². The van der Waals surface area contributed by atoms with E-state index in [0.717, 1.165) is 44.2 Å². The number of nitrogens with zero attached hydrogens (tertiary/aromatic N) is 1. The first-order valence-electron chi connectivity index (χ1n) is 10.2. The van der Waals surface area contributed by atoms with E-state index in [0.29, 0.717) is 0 Å². The summed E-state index contributed by atoms with van der Waals surface area (Å²) < 4.78 is 5.50. The van der Waals surface area contributed by atoms with Crippen molar-refractivity contribution in [1.29, 1.82) is 0 Å². The summed E-state index contributed by atoms with van der Waals surface area (Å²) in [6.45, 7) is 5.65. The van der Waals surface area contributed by atoms with E-state index in [1.165, 1.54) is 0 Å². The molecule has 0 bridgehead atoms. The summed E-state index contributed by atoms with van der Waals surface area (Å²) in [5.41, 5.74) is 4.35. The lowest BCUT2D eigenvalue weighted by atomic mass is 9.97. The van der Waals surface area contributed by atoms with Crippen molar-refractivity contribution < 1.29 is 9.53 Å². The second-order valence-electron chi connectivity index (χ2n) is 8.45. The Labute approximate surface area is 176 Å². The van der Waals surface area contributed by atoms with Crippen LogP contribution in [0, 0.1) is 0 Å². The molecule has 0 aliphatic heterocycles. The molecular formula is C26H26N2O2. The summed E-state index contributed by atoms with van der Waals surface area (Å²) in [4.78, 5) is 17.4. The molecule has 0 radical (unpaired) electrons. The number of fused-ring (bicyclic) bond motifs is 3. The maximum Gasteiger partial charge on any atom is 0.310 e. The van der Waals surface area contributed by atoms with E-state index < -0.39 is 5.60 Å². The van der Waals surface area contributed by atoms with Gasteiger partial charge in [-0.05, 0) is 49.9 Å². The second kappa shape index (κ2) is 7.79. The number of hydrogen-bond acceptors (Lipinski definition) is 4. The Hall–Kier alpha value is -3.40. The fraction of sp³-hybridized carbons (Fsp3) is 0.231. The summed E-state index contributed by atoms with van der Waals surface area (Å²) in [5.74, 6) is -0.226. The van der Waals surface area contributed by atoms with Crippen LogP contribution < -0.4 is 5.32 Å². The molecule has 4 nitrogen and oxygen atoms in total. The Morgan fingerprint density at radius 1 is 0.933 bits per heavy atom. The van der Waals surface area contributed by atoms with Gasteiger partial charge in [-0.15, -0.1) is 0 Å². The number of rotatable bonds is 4. The van der Waals surface area contributed by atoms with Crippen LogP contribution in [0.2, 0.25) is 0 Å². The van der Waals surface area contributed by atoms with Crippen LogP contribution in [0.25, 0.3) is 32.9 Å². The van der Waals surface area contributed by atoms with Crippen LogP contribution in [0.15, 0.2) is 66.7 Å². The first kappa shape index (κ1) is 19.9. The first-order valence-corrected chi connectivity index (χ1v) is 10.2. The van der Waals surface area contributed by atoms with Gasteiger partial charge in [-0.2, -0.15) is 0 Å². The monoisotopic (exact) mass is 398 g/mol. The number of benzene rings is 3. The molecule has 0 saturated heterocycles. The van der Waals surface area contributed by atoms with Gasteiger partial charge >= 0.3 is 5.97 Å². The van der Waals surface area contributed by atoms with Crippen molar-refractivity contribution in [2.24, 2.45) is 0 Å². The van der Waals surface area contributed by atoms with Crippen molar-refractivity contribution in [3.05, 3.63) is 72.3 Å². The first-order chi connectivity index (χ1) is 14.3. The highest BCUT2D eigenvalue weighted by Crippen LogP contribution is 2.34. The fourth-order valence-electron chi connectivity index (χ4n) is 3.68. The van der Waals surface area contributed by atoms with Gasteiger partial charge in [-0.1, -0.05) is 48.5 Å². The van der Waals surface area contributed by atoms with Crippen molar-refractivity contribution >= 4 is 33.3 Å². The average Bonchev–Trinajstić information content (AvgIpc) is 2.71. The van der Waals surface area contributed by atoms with E-state index in [2.05, 4.69) is 47.8 Å². The van der Waals surface area contributed by atoms with Crippen molar-refractivity contribution in [2.45, 2.75) is 32.8 Å². The lowest BCUT2D eigenvalue weighted by Gasteiger charge is -2.19. The van der Waals surface area contributed by atoms with Crippen molar-refractivity contribution in [2.75, 3.05) is 12.4 Å². The second-order valence-corrected chi connectivity index (χ2v) is 8.45. The molecule has 0 unspecified atom stereocenters. The van der Waals surface area contributed by atoms with Crippen LogP contribution in [-0.2, 0) is 16.0 Å². The molecule has 0 fully saturated rings. The number of pyridine rings is 1. The highest BCUT2D eigenvalue weighted by molar-refractivity contribution is 6.11. The van der Waals surface area contributed by atoms with Crippen molar-refractivity contribution in [1.82, 2.24) is 4.98 Å². The minimum absolute atomic E-state index is 0.226. The average molecular weight is 399 g/mol. The van der Waals surface area contributed by atoms with Gasteiger partial charge in [0.25, 0.3) is 0 Å². The molecule has 0 amide bonds. The maximum absolute atomic E-state index is 12.4. The normalized spacial score (nSPS) is 11.6. The summed E-state index contributed by atoms with van der Waals surface area (Å²) in [6, 6.07) is 22.5. The minimum atomic E-state index is -0.494.